The first kappa shape index (κ1) is 19.7. The first-order valence-electron chi connectivity index (χ1n) is 10.4. The van der Waals surface area contributed by atoms with Crippen molar-refractivity contribution >= 4 is 23.3 Å². The number of nitrogens with one attached hydrogen (secondary N) is 1. The van der Waals surface area contributed by atoms with Gasteiger partial charge >= 0.3 is 0 Å². The largest absolute Gasteiger partial charge is 0.390 e. The molecule has 1 amide bonds. The Balaban J connectivity index is 1.33. The van der Waals surface area contributed by atoms with E-state index in [1.54, 1.807) is 6.07 Å². The second-order valence-corrected chi connectivity index (χ2v) is 9.60. The minimum atomic E-state index is -0.594. The van der Waals surface area contributed by atoms with Crippen LogP contribution in [0.3, 0.4) is 0 Å². The number of aliphatic hydroxyl groups is 1. The predicted molar refractivity (Wildman–Crippen MR) is 111 cm³/mol. The smallest absolute Gasteiger partial charge is 0.253 e. The molecule has 4 aliphatic carbocycles. The molecule has 0 heterocycles. The van der Waals surface area contributed by atoms with Crippen molar-refractivity contribution in [1.29, 1.82) is 0 Å². The van der Waals surface area contributed by atoms with Gasteiger partial charge in [-0.05, 0) is 74.1 Å². The van der Waals surface area contributed by atoms with Crippen LogP contribution in [0.2, 0.25) is 5.02 Å². The highest BCUT2D eigenvalue weighted by Gasteiger charge is 2.55. The van der Waals surface area contributed by atoms with Crippen LogP contribution in [-0.2, 0) is 0 Å². The van der Waals surface area contributed by atoms with Crippen molar-refractivity contribution < 1.29 is 19.1 Å². The second-order valence-electron chi connectivity index (χ2n) is 9.20. The molecule has 0 saturated heterocycles. The molecule has 156 valence electrons. The lowest BCUT2D eigenvalue weighted by Crippen LogP contribution is -2.61. The van der Waals surface area contributed by atoms with Crippen LogP contribution in [0.1, 0.15) is 58.4 Å². The van der Waals surface area contributed by atoms with Crippen LogP contribution >= 0.6 is 11.6 Å². The van der Waals surface area contributed by atoms with Gasteiger partial charge in [-0.15, -0.1) is 0 Å². The number of carbonyl (C=O) groups is 2. The number of hydrogen-bond donors (Lipinski definition) is 2. The maximum atomic E-state index is 13.9. The lowest BCUT2D eigenvalue weighted by molar-refractivity contribution is -0.136. The Kier molecular flexibility index (Phi) is 4.71. The standard InChI is InChI=1S/C24H23ClFNO3/c25-19-9-14(22(28)18-3-1-2-4-20(18)26)5-6-17(19)23(29)27-21-15-7-13-8-16(21)12-24(30,10-13)11-15/h1-6,9,13,15-16,21,30H,7-8,10-12H2,(H,27,29). The van der Waals surface area contributed by atoms with Crippen molar-refractivity contribution in [3.8, 4) is 0 Å². The van der Waals surface area contributed by atoms with E-state index in [0.717, 1.165) is 32.1 Å². The van der Waals surface area contributed by atoms with E-state index in [0.29, 0.717) is 23.3 Å². The summed E-state index contributed by atoms with van der Waals surface area (Å²) >= 11 is 6.34. The Bertz CT molecular complexity index is 1020. The van der Waals surface area contributed by atoms with Gasteiger partial charge in [-0.3, -0.25) is 9.59 Å². The number of amides is 1. The molecule has 2 aromatic carbocycles. The van der Waals surface area contributed by atoms with Crippen molar-refractivity contribution in [2.45, 2.75) is 43.7 Å². The third-order valence-electron chi connectivity index (χ3n) is 7.13. The molecule has 4 nitrogen and oxygen atoms in total. The van der Waals surface area contributed by atoms with Crippen LogP contribution < -0.4 is 5.32 Å². The Morgan fingerprint density at radius 2 is 1.73 bits per heavy atom. The van der Waals surface area contributed by atoms with E-state index in [9.17, 15) is 19.1 Å². The van der Waals surface area contributed by atoms with Crippen LogP contribution in [0.15, 0.2) is 42.5 Å². The summed E-state index contributed by atoms with van der Waals surface area (Å²) in [7, 11) is 0. The summed E-state index contributed by atoms with van der Waals surface area (Å²) in [4.78, 5) is 25.5. The normalized spacial score (nSPS) is 31.6. The molecule has 2 N–H and O–H groups in total. The van der Waals surface area contributed by atoms with Crippen molar-refractivity contribution in [2.24, 2.45) is 17.8 Å². The van der Waals surface area contributed by atoms with E-state index < -0.39 is 17.2 Å². The fourth-order valence-corrected chi connectivity index (χ4v) is 6.35. The zero-order chi connectivity index (χ0) is 21.0. The summed E-state index contributed by atoms with van der Waals surface area (Å²) in [5, 5.41) is 14.0. The molecule has 2 unspecified atom stereocenters. The average molecular weight is 428 g/mol. The van der Waals surface area contributed by atoms with Crippen molar-refractivity contribution in [3.63, 3.8) is 0 Å². The maximum Gasteiger partial charge on any atom is 0.253 e. The molecule has 4 aliphatic rings. The van der Waals surface area contributed by atoms with Crippen LogP contribution in [-0.4, -0.2) is 28.4 Å². The molecule has 0 spiro atoms. The molecule has 4 saturated carbocycles. The monoisotopic (exact) mass is 427 g/mol. The molecule has 6 rings (SSSR count). The van der Waals surface area contributed by atoms with Gasteiger partial charge in [-0.1, -0.05) is 29.8 Å². The van der Waals surface area contributed by atoms with Crippen molar-refractivity contribution in [3.05, 3.63) is 70.0 Å². The summed E-state index contributed by atoms with van der Waals surface area (Å²) in [5.74, 6) is -0.181. The van der Waals surface area contributed by atoms with E-state index in [1.807, 2.05) is 0 Å². The fourth-order valence-electron chi connectivity index (χ4n) is 6.09. The minimum Gasteiger partial charge on any atom is -0.390 e. The van der Waals surface area contributed by atoms with Crippen LogP contribution in [0.5, 0.6) is 0 Å². The number of halogens is 2. The van der Waals surface area contributed by atoms with E-state index >= 15 is 0 Å². The number of rotatable bonds is 4. The quantitative estimate of drug-likeness (QED) is 0.711. The maximum absolute atomic E-state index is 13.9. The Morgan fingerprint density at radius 1 is 1.03 bits per heavy atom. The van der Waals surface area contributed by atoms with Gasteiger partial charge in [0.1, 0.15) is 5.82 Å². The van der Waals surface area contributed by atoms with Crippen LogP contribution in [0, 0.1) is 23.6 Å². The van der Waals surface area contributed by atoms with Gasteiger partial charge in [0.05, 0.1) is 21.8 Å². The molecule has 30 heavy (non-hydrogen) atoms. The molecule has 2 aromatic rings. The van der Waals surface area contributed by atoms with Gasteiger partial charge in [-0.2, -0.15) is 0 Å². The first-order chi connectivity index (χ1) is 14.3. The van der Waals surface area contributed by atoms with Gasteiger partial charge in [0, 0.05) is 11.6 Å². The van der Waals surface area contributed by atoms with E-state index in [4.69, 9.17) is 11.6 Å². The SMILES string of the molecule is O=C(c1ccc(C(=O)NC2C3CC4CC2CC(O)(C4)C3)c(Cl)c1)c1ccccc1F. The van der Waals surface area contributed by atoms with E-state index in [-0.39, 0.29) is 28.1 Å². The van der Waals surface area contributed by atoms with Gasteiger partial charge in [0.15, 0.2) is 5.78 Å². The lowest BCUT2D eigenvalue weighted by Gasteiger charge is -2.58. The first-order valence-corrected chi connectivity index (χ1v) is 10.8. The molecule has 0 aliphatic heterocycles. The van der Waals surface area contributed by atoms with Gasteiger partial charge in [-0.25, -0.2) is 4.39 Å². The van der Waals surface area contributed by atoms with E-state index in [1.165, 1.54) is 36.4 Å². The molecular formula is C24H23ClFNO3. The molecule has 0 aromatic heterocycles. The van der Waals surface area contributed by atoms with Crippen molar-refractivity contribution in [2.75, 3.05) is 0 Å². The molecule has 4 fully saturated rings. The second kappa shape index (κ2) is 7.17. The Hall–Kier alpha value is -2.24. The zero-order valence-corrected chi connectivity index (χ0v) is 17.2. The third-order valence-corrected chi connectivity index (χ3v) is 7.45. The minimum absolute atomic E-state index is 0.0303. The molecule has 4 bridgehead atoms. The number of benzene rings is 2. The highest BCUT2D eigenvalue weighted by Crippen LogP contribution is 2.55. The Morgan fingerprint density at radius 3 is 2.37 bits per heavy atom. The summed E-state index contributed by atoms with van der Waals surface area (Å²) in [5.41, 5.74) is -0.0468. The number of ketones is 1. The average Bonchev–Trinajstić information content (AvgIpc) is 2.69. The fraction of sp³-hybridized carbons (Fsp3) is 0.417. The summed E-state index contributed by atoms with van der Waals surface area (Å²) < 4.78 is 13.9. The van der Waals surface area contributed by atoms with Crippen molar-refractivity contribution in [1.82, 2.24) is 5.32 Å². The topological polar surface area (TPSA) is 66.4 Å². The van der Waals surface area contributed by atoms with Crippen LogP contribution in [0.25, 0.3) is 0 Å². The third kappa shape index (κ3) is 3.34. The summed E-state index contributed by atoms with van der Waals surface area (Å²) in [6.07, 6.45) is 4.48. The molecule has 0 radical (unpaired) electrons. The van der Waals surface area contributed by atoms with Gasteiger partial charge in [0.25, 0.3) is 5.91 Å². The molecule has 6 heteroatoms. The van der Waals surface area contributed by atoms with Crippen LogP contribution in [0.4, 0.5) is 4.39 Å². The number of hydrogen-bond acceptors (Lipinski definition) is 3. The van der Waals surface area contributed by atoms with Gasteiger partial charge in [0.2, 0.25) is 0 Å². The summed E-state index contributed by atoms with van der Waals surface area (Å²) in [6, 6.07) is 10.3. The predicted octanol–water partition coefficient (Wildman–Crippen LogP) is 4.38. The van der Waals surface area contributed by atoms with E-state index in [2.05, 4.69) is 5.32 Å². The summed E-state index contributed by atoms with van der Waals surface area (Å²) in [6.45, 7) is 0. The highest BCUT2D eigenvalue weighted by molar-refractivity contribution is 6.34. The molecular weight excluding hydrogens is 405 g/mol. The zero-order valence-electron chi connectivity index (χ0n) is 16.4. The number of carbonyl (C=O) groups excluding carboxylic acids is 2. The molecule has 2 atom stereocenters. The Labute approximate surface area is 179 Å². The lowest BCUT2D eigenvalue weighted by atomic mass is 9.52. The highest BCUT2D eigenvalue weighted by atomic mass is 35.5. The van der Waals surface area contributed by atoms with Gasteiger partial charge < -0.3 is 10.4 Å².